The zero-order valence-corrected chi connectivity index (χ0v) is 19.2. The Morgan fingerprint density at radius 3 is 2.29 bits per heavy atom. The van der Waals surface area contributed by atoms with Gasteiger partial charge >= 0.3 is 0 Å². The van der Waals surface area contributed by atoms with Crippen LogP contribution in [0.4, 0.5) is 5.69 Å². The number of hydrogen-bond donors (Lipinski definition) is 2. The van der Waals surface area contributed by atoms with E-state index in [4.69, 9.17) is 0 Å². The van der Waals surface area contributed by atoms with E-state index in [1.54, 1.807) is 54.6 Å². The summed E-state index contributed by atoms with van der Waals surface area (Å²) < 4.78 is 24.4. The number of Topliss-reactive ketones (excluding diaryl/α,β-unsaturated/α-hetero) is 1. The number of benzene rings is 3. The van der Waals surface area contributed by atoms with Gasteiger partial charge in [-0.25, -0.2) is 13.4 Å². The third-order valence-corrected chi connectivity index (χ3v) is 6.30. The number of sulfone groups is 1. The van der Waals surface area contributed by atoms with Gasteiger partial charge in [0.25, 0.3) is 0 Å². The second-order valence-electron chi connectivity index (χ2n) is 7.75. The van der Waals surface area contributed by atoms with Crippen molar-refractivity contribution < 1.29 is 23.2 Å². The Kier molecular flexibility index (Phi) is 6.04. The average Bonchev–Trinajstić information content (AvgIpc) is 3.14. The second-order valence-corrected chi connectivity index (χ2v) is 9.76. The summed E-state index contributed by atoms with van der Waals surface area (Å²) in [5.41, 5.74) is 3.25. The van der Waals surface area contributed by atoms with E-state index in [0.717, 1.165) is 16.5 Å². The highest BCUT2D eigenvalue weighted by Gasteiger charge is 2.15. The van der Waals surface area contributed by atoms with Crippen LogP contribution >= 0.6 is 0 Å². The molecule has 0 aliphatic heterocycles. The number of aromatic nitrogens is 2. The van der Waals surface area contributed by atoms with Gasteiger partial charge in [0.05, 0.1) is 10.4 Å². The number of nitrogens with zero attached hydrogens (tertiary/aromatic N) is 2. The molecule has 1 amide bonds. The third-order valence-electron chi connectivity index (χ3n) is 5.19. The van der Waals surface area contributed by atoms with E-state index in [0.29, 0.717) is 22.3 Å². The third kappa shape index (κ3) is 4.89. The normalized spacial score (nSPS) is 11.7. The Balaban J connectivity index is 1.48. The van der Waals surface area contributed by atoms with Crippen molar-refractivity contribution in [2.24, 2.45) is 0 Å². The van der Waals surface area contributed by atoms with Gasteiger partial charge in [0, 0.05) is 29.1 Å². The molecule has 2 N–H and O–H groups in total. The molecule has 0 atom stereocenters. The van der Waals surface area contributed by atoms with Gasteiger partial charge in [0.15, 0.2) is 21.4 Å². The van der Waals surface area contributed by atoms with Crippen molar-refractivity contribution in [3.8, 4) is 11.4 Å². The number of carbonyl (C=O) groups excluding carboxylic acids is 2. The fraction of sp³-hybridized carbons (Fsp3) is 0.0800. The summed E-state index contributed by atoms with van der Waals surface area (Å²) in [6, 6.07) is 18.0. The number of carbonyl (C=O) groups is 2. The number of amides is 1. The van der Waals surface area contributed by atoms with Crippen molar-refractivity contribution in [1.82, 2.24) is 9.71 Å². The van der Waals surface area contributed by atoms with E-state index in [9.17, 15) is 23.2 Å². The van der Waals surface area contributed by atoms with E-state index in [1.807, 2.05) is 0 Å². The largest absolute Gasteiger partial charge is 0.426 e. The number of imidazole rings is 1. The van der Waals surface area contributed by atoms with Gasteiger partial charge in [0.2, 0.25) is 5.91 Å². The molecule has 34 heavy (non-hydrogen) atoms. The lowest BCUT2D eigenvalue weighted by molar-refractivity contribution is -0.111. The second kappa shape index (κ2) is 8.95. The van der Waals surface area contributed by atoms with Crippen molar-refractivity contribution in [2.45, 2.75) is 11.8 Å². The predicted molar refractivity (Wildman–Crippen MR) is 130 cm³/mol. The van der Waals surface area contributed by atoms with Crippen LogP contribution in [-0.4, -0.2) is 41.3 Å². The van der Waals surface area contributed by atoms with Crippen LogP contribution in [-0.2, 0) is 14.6 Å². The zero-order valence-electron chi connectivity index (χ0n) is 18.4. The van der Waals surface area contributed by atoms with Crippen LogP contribution in [0.15, 0.2) is 77.7 Å². The minimum absolute atomic E-state index is 0.0212. The lowest BCUT2D eigenvalue weighted by Crippen LogP contribution is -2.07. The first kappa shape index (κ1) is 22.9. The van der Waals surface area contributed by atoms with E-state index in [2.05, 4.69) is 10.3 Å². The van der Waals surface area contributed by atoms with Gasteiger partial charge in [-0.2, -0.15) is 4.73 Å². The number of nitrogens with one attached hydrogen (secondary N) is 1. The number of ketones is 1. The summed E-state index contributed by atoms with van der Waals surface area (Å²) in [6.45, 7) is 1.49. The van der Waals surface area contributed by atoms with Crippen LogP contribution in [0.3, 0.4) is 0 Å². The summed E-state index contributed by atoms with van der Waals surface area (Å²) in [6.07, 6.45) is 4.13. The minimum atomic E-state index is -3.42. The molecule has 1 aromatic heterocycles. The van der Waals surface area contributed by atoms with E-state index in [1.165, 1.54) is 31.2 Å². The molecule has 0 saturated heterocycles. The fourth-order valence-corrected chi connectivity index (χ4v) is 3.99. The van der Waals surface area contributed by atoms with Gasteiger partial charge in [-0.15, -0.1) is 0 Å². The zero-order chi connectivity index (χ0) is 24.5. The van der Waals surface area contributed by atoms with E-state index < -0.39 is 9.84 Å². The van der Waals surface area contributed by atoms with Crippen LogP contribution in [0, 0.1) is 0 Å². The van der Waals surface area contributed by atoms with E-state index in [-0.39, 0.29) is 27.9 Å². The Morgan fingerprint density at radius 2 is 1.68 bits per heavy atom. The number of hydrogen-bond acceptors (Lipinski definition) is 6. The van der Waals surface area contributed by atoms with Crippen molar-refractivity contribution >= 4 is 44.3 Å². The topological polar surface area (TPSA) is 118 Å². The molecule has 1 heterocycles. The maximum atomic E-state index is 12.2. The molecule has 0 aliphatic carbocycles. The lowest BCUT2D eigenvalue weighted by Gasteiger charge is -2.05. The Bertz CT molecular complexity index is 1530. The Labute approximate surface area is 196 Å². The first-order chi connectivity index (χ1) is 16.1. The van der Waals surface area contributed by atoms with Crippen molar-refractivity contribution in [1.29, 1.82) is 0 Å². The molecule has 172 valence electrons. The van der Waals surface area contributed by atoms with Crippen molar-refractivity contribution in [2.75, 3.05) is 11.6 Å². The SMILES string of the molecule is CC(=O)c1ccc(/C=C/C(=O)Nc2ccc(-c3nc4ccc(S(C)(=O)=O)cc4n3O)cc2)cc1. The molecule has 3 aromatic carbocycles. The predicted octanol–water partition coefficient (Wildman–Crippen LogP) is 4.20. The molecular weight excluding hydrogens is 454 g/mol. The maximum absolute atomic E-state index is 12.2. The maximum Gasteiger partial charge on any atom is 0.248 e. The molecule has 4 rings (SSSR count). The minimum Gasteiger partial charge on any atom is -0.426 e. The number of rotatable bonds is 6. The lowest BCUT2D eigenvalue weighted by atomic mass is 10.1. The van der Waals surface area contributed by atoms with Crippen LogP contribution in [0.5, 0.6) is 0 Å². The molecular formula is C25H21N3O5S. The smallest absolute Gasteiger partial charge is 0.248 e. The standard InChI is InChI=1S/C25H21N3O5S/c1-16(29)18-6-3-17(4-7-18)5-14-24(30)26-20-10-8-19(9-11-20)25-27-22-13-12-21(34(2,32)33)15-23(22)28(25)31/h3-15,31H,1-2H3,(H,26,30)/b14-5+. The van der Waals surface area contributed by atoms with Crippen molar-refractivity contribution in [3.63, 3.8) is 0 Å². The fourth-order valence-electron chi connectivity index (χ4n) is 3.35. The van der Waals surface area contributed by atoms with Crippen LogP contribution in [0.1, 0.15) is 22.8 Å². The number of fused-ring (bicyclic) bond motifs is 1. The molecule has 0 fully saturated rings. The molecule has 9 heteroatoms. The van der Waals surface area contributed by atoms with Gasteiger partial charge in [0.1, 0.15) is 5.52 Å². The first-order valence-electron chi connectivity index (χ1n) is 10.2. The first-order valence-corrected chi connectivity index (χ1v) is 12.1. The van der Waals surface area contributed by atoms with Gasteiger partial charge in [-0.3, -0.25) is 9.59 Å². The average molecular weight is 476 g/mol. The van der Waals surface area contributed by atoms with Gasteiger partial charge < -0.3 is 10.5 Å². The van der Waals surface area contributed by atoms with Crippen LogP contribution < -0.4 is 5.32 Å². The Morgan fingerprint density at radius 1 is 1.00 bits per heavy atom. The van der Waals surface area contributed by atoms with Gasteiger partial charge in [-0.1, -0.05) is 24.3 Å². The summed E-state index contributed by atoms with van der Waals surface area (Å²) >= 11 is 0. The Hall–Kier alpha value is -4.24. The molecule has 0 aliphatic rings. The molecule has 0 saturated carbocycles. The summed E-state index contributed by atoms with van der Waals surface area (Å²) in [7, 11) is -3.42. The molecule has 0 spiro atoms. The molecule has 0 radical (unpaired) electrons. The summed E-state index contributed by atoms with van der Waals surface area (Å²) in [5.74, 6) is -0.106. The quantitative estimate of drug-likeness (QED) is 0.245. The van der Waals surface area contributed by atoms with Crippen molar-refractivity contribution in [3.05, 3.63) is 83.9 Å². The number of anilines is 1. The molecule has 0 bridgehead atoms. The summed E-state index contributed by atoms with van der Waals surface area (Å²) in [5, 5.41) is 13.3. The molecule has 0 unspecified atom stereocenters. The molecule has 8 nitrogen and oxygen atoms in total. The van der Waals surface area contributed by atoms with Crippen LogP contribution in [0.25, 0.3) is 28.5 Å². The summed E-state index contributed by atoms with van der Waals surface area (Å²) in [4.78, 5) is 28.0. The highest BCUT2D eigenvalue weighted by Crippen LogP contribution is 2.26. The highest BCUT2D eigenvalue weighted by atomic mass is 32.2. The van der Waals surface area contributed by atoms with Crippen LogP contribution in [0.2, 0.25) is 0 Å². The molecule has 4 aromatic rings. The van der Waals surface area contributed by atoms with Gasteiger partial charge in [-0.05, 0) is 61.0 Å². The highest BCUT2D eigenvalue weighted by molar-refractivity contribution is 7.90. The van der Waals surface area contributed by atoms with E-state index >= 15 is 0 Å². The monoisotopic (exact) mass is 475 g/mol.